The van der Waals surface area contributed by atoms with E-state index in [0.717, 1.165) is 0 Å². The first-order valence-electron chi connectivity index (χ1n) is 3.89. The summed E-state index contributed by atoms with van der Waals surface area (Å²) in [6.07, 6.45) is 1.82. The van der Waals surface area contributed by atoms with Crippen molar-refractivity contribution in [3.05, 3.63) is 23.8 Å². The lowest BCUT2D eigenvalue weighted by Gasteiger charge is -1.92. The molecule has 0 saturated heterocycles. The van der Waals surface area contributed by atoms with Gasteiger partial charge in [0.05, 0.1) is 5.56 Å². The Hall–Kier alpha value is -1.49. The standard InChI is InChI=1S/C9H7NO3S/c1-14-9-10-7-5(8(11)12)3-2-4-6(7)13-9/h2-4H,1H3,(H,11,12). The molecular weight excluding hydrogens is 202 g/mol. The van der Waals surface area contributed by atoms with Crippen LogP contribution in [0.1, 0.15) is 10.4 Å². The zero-order chi connectivity index (χ0) is 10.1. The second-order valence-electron chi connectivity index (χ2n) is 2.64. The van der Waals surface area contributed by atoms with Gasteiger partial charge in [-0.1, -0.05) is 17.8 Å². The third kappa shape index (κ3) is 1.35. The van der Waals surface area contributed by atoms with Gasteiger partial charge in [0.2, 0.25) is 0 Å². The highest BCUT2D eigenvalue weighted by molar-refractivity contribution is 7.98. The first kappa shape index (κ1) is 9.08. The lowest BCUT2D eigenvalue weighted by Crippen LogP contribution is -1.96. The maximum Gasteiger partial charge on any atom is 0.338 e. The second kappa shape index (κ2) is 3.34. The summed E-state index contributed by atoms with van der Waals surface area (Å²) in [7, 11) is 0. The third-order valence-electron chi connectivity index (χ3n) is 1.80. The van der Waals surface area contributed by atoms with Gasteiger partial charge in [0, 0.05) is 0 Å². The largest absolute Gasteiger partial charge is 0.478 e. The molecule has 14 heavy (non-hydrogen) atoms. The molecule has 72 valence electrons. The lowest BCUT2D eigenvalue weighted by atomic mass is 10.2. The highest BCUT2D eigenvalue weighted by Crippen LogP contribution is 2.23. The minimum Gasteiger partial charge on any atom is -0.478 e. The van der Waals surface area contributed by atoms with Gasteiger partial charge in [-0.2, -0.15) is 0 Å². The molecule has 4 nitrogen and oxygen atoms in total. The molecule has 0 spiro atoms. The number of carboxylic acids is 1. The molecule has 0 fully saturated rings. The molecule has 5 heteroatoms. The predicted octanol–water partition coefficient (Wildman–Crippen LogP) is 2.25. The molecule has 0 bridgehead atoms. The van der Waals surface area contributed by atoms with Crippen LogP contribution in [0.2, 0.25) is 0 Å². The van der Waals surface area contributed by atoms with Crippen LogP contribution in [0.4, 0.5) is 0 Å². The zero-order valence-electron chi connectivity index (χ0n) is 7.35. The molecule has 0 radical (unpaired) electrons. The fraction of sp³-hybridized carbons (Fsp3) is 0.111. The van der Waals surface area contributed by atoms with Crippen LogP contribution in [-0.2, 0) is 0 Å². The van der Waals surface area contributed by atoms with Gasteiger partial charge in [0.25, 0.3) is 5.22 Å². The van der Waals surface area contributed by atoms with Gasteiger partial charge in [0.1, 0.15) is 5.52 Å². The molecule has 0 aliphatic heterocycles. The van der Waals surface area contributed by atoms with Crippen LogP contribution in [0.25, 0.3) is 11.1 Å². The van der Waals surface area contributed by atoms with Crippen LogP contribution < -0.4 is 0 Å². The molecule has 0 amide bonds. The van der Waals surface area contributed by atoms with Crippen LogP contribution >= 0.6 is 11.8 Å². The molecule has 1 aromatic heterocycles. The van der Waals surface area contributed by atoms with Crippen LogP contribution in [0.15, 0.2) is 27.8 Å². The number of aromatic nitrogens is 1. The number of hydrogen-bond donors (Lipinski definition) is 1. The smallest absolute Gasteiger partial charge is 0.338 e. The van der Waals surface area contributed by atoms with Gasteiger partial charge in [-0.3, -0.25) is 0 Å². The normalized spacial score (nSPS) is 10.6. The Morgan fingerprint density at radius 2 is 2.36 bits per heavy atom. The molecule has 0 saturated carbocycles. The minimum absolute atomic E-state index is 0.173. The minimum atomic E-state index is -0.989. The first-order valence-corrected chi connectivity index (χ1v) is 5.11. The summed E-state index contributed by atoms with van der Waals surface area (Å²) in [4.78, 5) is 14.9. The van der Waals surface area contributed by atoms with Crippen molar-refractivity contribution in [3.8, 4) is 0 Å². The fourth-order valence-corrected chi connectivity index (χ4v) is 1.54. The number of rotatable bonds is 2. The van der Waals surface area contributed by atoms with Crippen molar-refractivity contribution in [2.24, 2.45) is 0 Å². The summed E-state index contributed by atoms with van der Waals surface area (Å²) in [5.74, 6) is -0.989. The van der Waals surface area contributed by atoms with E-state index < -0.39 is 5.97 Å². The summed E-state index contributed by atoms with van der Waals surface area (Å²) in [6, 6.07) is 4.85. The second-order valence-corrected chi connectivity index (χ2v) is 3.40. The molecule has 0 aliphatic rings. The van der Waals surface area contributed by atoms with Gasteiger partial charge >= 0.3 is 5.97 Å². The monoisotopic (exact) mass is 209 g/mol. The SMILES string of the molecule is CSc1nc2c(C(=O)O)cccc2o1. The van der Waals surface area contributed by atoms with Crippen molar-refractivity contribution in [2.45, 2.75) is 5.22 Å². The molecule has 1 aromatic carbocycles. The summed E-state index contributed by atoms with van der Waals surface area (Å²) < 4.78 is 5.30. The highest BCUT2D eigenvalue weighted by Gasteiger charge is 2.13. The van der Waals surface area contributed by atoms with Gasteiger partial charge in [-0.05, 0) is 18.4 Å². The van der Waals surface area contributed by atoms with E-state index in [1.807, 2.05) is 6.26 Å². The Balaban J connectivity index is 2.73. The van der Waals surface area contributed by atoms with Gasteiger partial charge in [-0.25, -0.2) is 9.78 Å². The van der Waals surface area contributed by atoms with Crippen LogP contribution in [0.5, 0.6) is 0 Å². The van der Waals surface area contributed by atoms with E-state index in [4.69, 9.17) is 9.52 Å². The number of benzene rings is 1. The zero-order valence-corrected chi connectivity index (χ0v) is 8.17. The molecular formula is C9H7NO3S. The Kier molecular flexibility index (Phi) is 2.17. The number of para-hydroxylation sites is 1. The number of oxazole rings is 1. The highest BCUT2D eigenvalue weighted by atomic mass is 32.2. The van der Waals surface area contributed by atoms with Gasteiger partial charge < -0.3 is 9.52 Å². The average molecular weight is 209 g/mol. The van der Waals surface area contributed by atoms with Gasteiger partial charge in [-0.15, -0.1) is 0 Å². The summed E-state index contributed by atoms with van der Waals surface area (Å²) >= 11 is 1.34. The number of carbonyl (C=O) groups is 1. The lowest BCUT2D eigenvalue weighted by molar-refractivity contribution is 0.0699. The Morgan fingerprint density at radius 1 is 1.57 bits per heavy atom. The van der Waals surface area contributed by atoms with E-state index in [-0.39, 0.29) is 5.56 Å². The first-order chi connectivity index (χ1) is 6.72. The summed E-state index contributed by atoms with van der Waals surface area (Å²) in [5.41, 5.74) is 1.09. The molecule has 0 aliphatic carbocycles. The van der Waals surface area contributed by atoms with E-state index in [1.165, 1.54) is 17.8 Å². The number of carboxylic acid groups (broad SMARTS) is 1. The molecule has 2 aromatic rings. The summed E-state index contributed by atoms with van der Waals surface area (Å²) in [6.45, 7) is 0. The Morgan fingerprint density at radius 3 is 3.00 bits per heavy atom. The van der Waals surface area contributed by atoms with Crippen molar-refractivity contribution < 1.29 is 14.3 Å². The van der Waals surface area contributed by atoms with E-state index in [2.05, 4.69) is 4.98 Å². The number of aromatic carboxylic acids is 1. The van der Waals surface area contributed by atoms with Crippen molar-refractivity contribution in [1.82, 2.24) is 4.98 Å². The number of hydrogen-bond acceptors (Lipinski definition) is 4. The van der Waals surface area contributed by atoms with E-state index >= 15 is 0 Å². The van der Waals surface area contributed by atoms with Crippen LogP contribution in [0.3, 0.4) is 0 Å². The van der Waals surface area contributed by atoms with Crippen LogP contribution in [-0.4, -0.2) is 22.3 Å². The molecule has 1 heterocycles. The molecule has 2 rings (SSSR count). The fourth-order valence-electron chi connectivity index (χ4n) is 1.19. The van der Waals surface area contributed by atoms with Crippen LogP contribution in [0, 0.1) is 0 Å². The topological polar surface area (TPSA) is 63.3 Å². The maximum atomic E-state index is 10.8. The summed E-state index contributed by atoms with van der Waals surface area (Å²) in [5, 5.41) is 9.36. The van der Waals surface area contributed by atoms with Gasteiger partial charge in [0.15, 0.2) is 5.58 Å². The molecule has 0 atom stereocenters. The van der Waals surface area contributed by atoms with Crippen molar-refractivity contribution in [1.29, 1.82) is 0 Å². The van der Waals surface area contributed by atoms with E-state index in [9.17, 15) is 4.79 Å². The Bertz CT molecular complexity index is 492. The third-order valence-corrected chi connectivity index (χ3v) is 2.33. The molecule has 1 N–H and O–H groups in total. The van der Waals surface area contributed by atoms with Crippen molar-refractivity contribution in [2.75, 3.05) is 6.26 Å². The average Bonchev–Trinajstić information content (AvgIpc) is 2.59. The number of nitrogens with zero attached hydrogens (tertiary/aromatic N) is 1. The maximum absolute atomic E-state index is 10.8. The molecule has 0 unspecified atom stereocenters. The van der Waals surface area contributed by atoms with E-state index in [0.29, 0.717) is 16.3 Å². The Labute approximate surface area is 83.9 Å². The quantitative estimate of drug-likeness (QED) is 0.768. The van der Waals surface area contributed by atoms with Crippen molar-refractivity contribution >= 4 is 28.8 Å². The van der Waals surface area contributed by atoms with Crippen molar-refractivity contribution in [3.63, 3.8) is 0 Å². The van der Waals surface area contributed by atoms with E-state index in [1.54, 1.807) is 12.1 Å². The predicted molar refractivity (Wildman–Crippen MR) is 52.7 cm³/mol. The number of fused-ring (bicyclic) bond motifs is 1. The number of thioether (sulfide) groups is 1.